The molecule has 0 aliphatic rings. The van der Waals surface area contributed by atoms with Crippen molar-refractivity contribution in [2.75, 3.05) is 5.73 Å². The highest BCUT2D eigenvalue weighted by atomic mass is 16.3. The molecule has 0 atom stereocenters. The van der Waals surface area contributed by atoms with Crippen molar-refractivity contribution in [3.63, 3.8) is 0 Å². The molecule has 0 aliphatic carbocycles. The quantitative estimate of drug-likeness (QED) is 0.638. The van der Waals surface area contributed by atoms with Crippen LogP contribution in [0.1, 0.15) is 31.1 Å². The normalized spacial score (nSPS) is 11.4. The van der Waals surface area contributed by atoms with Gasteiger partial charge in [0.15, 0.2) is 17.1 Å². The largest absolute Gasteiger partial charge is 0.504 e. The summed E-state index contributed by atoms with van der Waals surface area (Å²) in [6.07, 6.45) is 2.16. The summed E-state index contributed by atoms with van der Waals surface area (Å²) in [7, 11) is 0. The van der Waals surface area contributed by atoms with Crippen molar-refractivity contribution in [3.05, 3.63) is 35.8 Å². The van der Waals surface area contributed by atoms with E-state index in [9.17, 15) is 10.2 Å². The van der Waals surface area contributed by atoms with Gasteiger partial charge in [0, 0.05) is 12.5 Å². The summed E-state index contributed by atoms with van der Waals surface area (Å²) in [5.74, 6) is -0.128. The third-order valence-electron chi connectivity index (χ3n) is 3.48. The summed E-state index contributed by atoms with van der Waals surface area (Å²) < 4.78 is 1.94. The average molecular weight is 299 g/mol. The van der Waals surface area contributed by atoms with Crippen LogP contribution >= 0.6 is 0 Å². The number of nitrogens with two attached hydrogens (primary N) is 1. The molecule has 2 heterocycles. The summed E-state index contributed by atoms with van der Waals surface area (Å²) in [4.78, 5) is 12.9. The van der Waals surface area contributed by atoms with Crippen LogP contribution in [-0.4, -0.2) is 29.7 Å². The maximum absolute atomic E-state index is 9.60. The van der Waals surface area contributed by atoms with Gasteiger partial charge in [-0.1, -0.05) is 6.07 Å². The number of benzene rings is 1. The molecule has 0 unspecified atom stereocenters. The van der Waals surface area contributed by atoms with E-state index in [1.54, 1.807) is 12.4 Å². The zero-order valence-electron chi connectivity index (χ0n) is 12.4. The summed E-state index contributed by atoms with van der Waals surface area (Å²) in [5, 5.41) is 19.0. The predicted octanol–water partition coefficient (Wildman–Crippen LogP) is 1.99. The van der Waals surface area contributed by atoms with Gasteiger partial charge in [0.1, 0.15) is 5.52 Å². The Morgan fingerprint density at radius 2 is 1.95 bits per heavy atom. The number of imidazole rings is 1. The number of fused-ring (bicyclic) bond motifs is 1. The van der Waals surface area contributed by atoms with Crippen LogP contribution < -0.4 is 5.73 Å². The number of hydrogen-bond donors (Lipinski definition) is 3. The Morgan fingerprint density at radius 3 is 2.64 bits per heavy atom. The molecule has 3 aromatic rings. The summed E-state index contributed by atoms with van der Waals surface area (Å²) >= 11 is 0. The zero-order chi connectivity index (χ0) is 15.9. The third kappa shape index (κ3) is 2.41. The number of phenols is 2. The number of aromatic hydroxyl groups is 2. The molecule has 0 amide bonds. The Morgan fingerprint density at radius 1 is 1.18 bits per heavy atom. The average Bonchev–Trinajstić information content (AvgIpc) is 2.87. The van der Waals surface area contributed by atoms with Crippen molar-refractivity contribution in [1.82, 2.24) is 19.5 Å². The third-order valence-corrected chi connectivity index (χ3v) is 3.48. The SMILES string of the molecule is CC(C)n1cnc2c(Cc3ccc(O)c(O)c3)nc(N)nc21. The lowest BCUT2D eigenvalue weighted by molar-refractivity contribution is 0.403. The smallest absolute Gasteiger partial charge is 0.222 e. The molecule has 22 heavy (non-hydrogen) atoms. The number of phenolic OH excluding ortho intramolecular Hbond substituents is 2. The number of aromatic nitrogens is 4. The van der Waals surface area contributed by atoms with Gasteiger partial charge in [-0.3, -0.25) is 0 Å². The highest BCUT2D eigenvalue weighted by Crippen LogP contribution is 2.27. The fraction of sp³-hybridized carbons (Fsp3) is 0.267. The van der Waals surface area contributed by atoms with Gasteiger partial charge in [-0.15, -0.1) is 0 Å². The Hall–Kier alpha value is -2.83. The molecule has 0 radical (unpaired) electrons. The van der Waals surface area contributed by atoms with Gasteiger partial charge >= 0.3 is 0 Å². The van der Waals surface area contributed by atoms with Crippen LogP contribution in [0.2, 0.25) is 0 Å². The van der Waals surface area contributed by atoms with Crippen molar-refractivity contribution >= 4 is 17.1 Å². The molecule has 3 rings (SSSR count). The molecule has 7 nitrogen and oxygen atoms in total. The van der Waals surface area contributed by atoms with E-state index in [2.05, 4.69) is 15.0 Å². The van der Waals surface area contributed by atoms with E-state index in [1.807, 2.05) is 18.4 Å². The van der Waals surface area contributed by atoms with Crippen LogP contribution in [0.3, 0.4) is 0 Å². The van der Waals surface area contributed by atoms with Crippen molar-refractivity contribution in [2.45, 2.75) is 26.3 Å². The molecule has 0 fully saturated rings. The Labute approximate surface area is 127 Å². The van der Waals surface area contributed by atoms with Crippen molar-refractivity contribution in [3.8, 4) is 11.5 Å². The van der Waals surface area contributed by atoms with Gasteiger partial charge in [-0.25, -0.2) is 9.97 Å². The van der Waals surface area contributed by atoms with Crippen LogP contribution in [0, 0.1) is 0 Å². The van der Waals surface area contributed by atoms with Crippen molar-refractivity contribution < 1.29 is 10.2 Å². The molecule has 2 aromatic heterocycles. The van der Waals surface area contributed by atoms with Gasteiger partial charge < -0.3 is 20.5 Å². The second kappa shape index (κ2) is 5.18. The van der Waals surface area contributed by atoms with E-state index >= 15 is 0 Å². The predicted molar refractivity (Wildman–Crippen MR) is 82.7 cm³/mol. The number of anilines is 1. The van der Waals surface area contributed by atoms with Crippen LogP contribution in [0.4, 0.5) is 5.95 Å². The van der Waals surface area contributed by atoms with E-state index in [4.69, 9.17) is 5.73 Å². The molecule has 0 saturated heterocycles. The second-order valence-corrected chi connectivity index (χ2v) is 5.45. The first-order valence-corrected chi connectivity index (χ1v) is 6.95. The highest BCUT2D eigenvalue weighted by molar-refractivity contribution is 5.75. The lowest BCUT2D eigenvalue weighted by Gasteiger charge is -2.09. The van der Waals surface area contributed by atoms with E-state index < -0.39 is 0 Å². The van der Waals surface area contributed by atoms with E-state index in [0.29, 0.717) is 23.3 Å². The minimum Gasteiger partial charge on any atom is -0.504 e. The summed E-state index contributed by atoms with van der Waals surface area (Å²) in [6, 6.07) is 4.88. The number of hydrogen-bond acceptors (Lipinski definition) is 6. The van der Waals surface area contributed by atoms with Gasteiger partial charge in [0.05, 0.1) is 12.0 Å². The molecule has 114 valence electrons. The van der Waals surface area contributed by atoms with Gasteiger partial charge in [0.25, 0.3) is 0 Å². The molecule has 4 N–H and O–H groups in total. The maximum atomic E-state index is 9.60. The number of nitrogen functional groups attached to an aromatic ring is 1. The van der Waals surface area contributed by atoms with E-state index in [0.717, 1.165) is 5.56 Å². The first-order chi connectivity index (χ1) is 10.5. The van der Waals surface area contributed by atoms with Crippen LogP contribution in [0.15, 0.2) is 24.5 Å². The monoisotopic (exact) mass is 299 g/mol. The fourth-order valence-corrected chi connectivity index (χ4v) is 2.37. The van der Waals surface area contributed by atoms with E-state index in [-0.39, 0.29) is 23.5 Å². The summed E-state index contributed by atoms with van der Waals surface area (Å²) in [5.41, 5.74) is 8.68. The van der Waals surface area contributed by atoms with Gasteiger partial charge in [-0.05, 0) is 31.5 Å². The van der Waals surface area contributed by atoms with Gasteiger partial charge in [0.2, 0.25) is 5.95 Å². The van der Waals surface area contributed by atoms with Crippen molar-refractivity contribution in [1.29, 1.82) is 0 Å². The Kier molecular flexibility index (Phi) is 3.32. The van der Waals surface area contributed by atoms with Gasteiger partial charge in [-0.2, -0.15) is 4.98 Å². The Balaban J connectivity index is 2.08. The maximum Gasteiger partial charge on any atom is 0.222 e. The summed E-state index contributed by atoms with van der Waals surface area (Å²) in [6.45, 7) is 4.08. The molecule has 1 aromatic carbocycles. The van der Waals surface area contributed by atoms with E-state index in [1.165, 1.54) is 12.1 Å². The second-order valence-electron chi connectivity index (χ2n) is 5.45. The van der Waals surface area contributed by atoms with Crippen LogP contribution in [0.25, 0.3) is 11.2 Å². The first-order valence-electron chi connectivity index (χ1n) is 6.95. The molecule has 0 spiro atoms. The molecular weight excluding hydrogens is 282 g/mol. The molecule has 7 heteroatoms. The first kappa shape index (κ1) is 14.1. The topological polar surface area (TPSA) is 110 Å². The zero-order valence-corrected chi connectivity index (χ0v) is 12.4. The number of rotatable bonds is 3. The highest BCUT2D eigenvalue weighted by Gasteiger charge is 2.14. The standard InChI is InChI=1S/C15H17N5O2/c1-8(2)20-7-17-13-10(18-15(16)19-14(13)20)5-9-3-4-11(21)12(22)6-9/h3-4,6-8,21-22H,5H2,1-2H3,(H2,16,18,19). The molecule has 0 aliphatic heterocycles. The number of nitrogens with zero attached hydrogens (tertiary/aromatic N) is 4. The van der Waals surface area contributed by atoms with Crippen LogP contribution in [-0.2, 0) is 6.42 Å². The molecule has 0 bridgehead atoms. The minimum absolute atomic E-state index is 0.153. The molecule has 0 saturated carbocycles. The lowest BCUT2D eigenvalue weighted by Crippen LogP contribution is -2.05. The van der Waals surface area contributed by atoms with Crippen LogP contribution in [0.5, 0.6) is 11.5 Å². The fourth-order valence-electron chi connectivity index (χ4n) is 2.37. The Bertz CT molecular complexity index is 841. The minimum atomic E-state index is -0.163. The molecular formula is C15H17N5O2. The lowest BCUT2D eigenvalue weighted by atomic mass is 10.1. The van der Waals surface area contributed by atoms with Crippen molar-refractivity contribution in [2.24, 2.45) is 0 Å².